The highest BCUT2D eigenvalue weighted by Crippen LogP contribution is 2.20. The van der Waals surface area contributed by atoms with Gasteiger partial charge in [-0.25, -0.2) is 4.39 Å². The van der Waals surface area contributed by atoms with Gasteiger partial charge >= 0.3 is 0 Å². The van der Waals surface area contributed by atoms with E-state index >= 15 is 0 Å². The predicted molar refractivity (Wildman–Crippen MR) is 98.2 cm³/mol. The zero-order chi connectivity index (χ0) is 19.4. The van der Waals surface area contributed by atoms with Crippen LogP contribution in [0.2, 0.25) is 0 Å². The summed E-state index contributed by atoms with van der Waals surface area (Å²) in [5.74, 6) is -1.36. The zero-order valence-electron chi connectivity index (χ0n) is 14.7. The minimum Gasteiger partial charge on any atom is -0.373 e. The highest BCUT2D eigenvalue weighted by Gasteiger charge is 2.38. The smallest absolute Gasteiger partial charge is 0.252 e. The fourth-order valence-corrected chi connectivity index (χ4v) is 3.09. The number of carbonyl (C=O) groups is 3. The van der Waals surface area contributed by atoms with Crippen LogP contribution in [0.15, 0.2) is 48.5 Å². The number of rotatable bonds is 7. The van der Waals surface area contributed by atoms with E-state index in [9.17, 15) is 18.8 Å². The van der Waals surface area contributed by atoms with Crippen LogP contribution in [0.25, 0.3) is 0 Å². The van der Waals surface area contributed by atoms with E-state index in [4.69, 9.17) is 5.73 Å². The van der Waals surface area contributed by atoms with Crippen molar-refractivity contribution in [3.8, 4) is 0 Å². The number of halogens is 1. The third-order valence-corrected chi connectivity index (χ3v) is 4.48. The molecule has 1 unspecified atom stereocenters. The Morgan fingerprint density at radius 1 is 1.15 bits per heavy atom. The van der Waals surface area contributed by atoms with Crippen LogP contribution in [0.5, 0.6) is 0 Å². The number of primary amides is 1. The van der Waals surface area contributed by atoms with Crippen LogP contribution >= 0.6 is 0 Å². The lowest BCUT2D eigenvalue weighted by Crippen LogP contribution is -2.36. The van der Waals surface area contributed by atoms with Crippen LogP contribution in [-0.4, -0.2) is 35.2 Å². The van der Waals surface area contributed by atoms with Gasteiger partial charge in [-0.3, -0.25) is 19.3 Å². The number of likely N-dealkylation sites (tertiary alicyclic amines) is 1. The van der Waals surface area contributed by atoms with Crippen LogP contribution in [0.4, 0.5) is 10.1 Å². The molecule has 3 N–H and O–H groups in total. The molecule has 3 rings (SSSR count). The molecule has 140 valence electrons. The molecule has 1 fully saturated rings. The van der Waals surface area contributed by atoms with Gasteiger partial charge in [0.15, 0.2) is 0 Å². The first kappa shape index (κ1) is 18.6. The predicted octanol–water partition coefficient (Wildman–Crippen LogP) is 1.64. The van der Waals surface area contributed by atoms with E-state index in [0.29, 0.717) is 11.3 Å². The highest BCUT2D eigenvalue weighted by molar-refractivity contribution is 6.06. The van der Waals surface area contributed by atoms with E-state index in [-0.39, 0.29) is 43.4 Å². The number of nitrogens with two attached hydrogens (primary N) is 1. The molecule has 2 aromatic carbocycles. The molecule has 2 aromatic rings. The number of hydrogen-bond acceptors (Lipinski definition) is 4. The summed E-state index contributed by atoms with van der Waals surface area (Å²) in [6, 6.07) is 12.6. The van der Waals surface area contributed by atoms with Gasteiger partial charge in [0.2, 0.25) is 11.8 Å². The van der Waals surface area contributed by atoms with Crippen LogP contribution in [-0.2, 0) is 27.2 Å². The lowest BCUT2D eigenvalue weighted by Gasteiger charge is -2.16. The Hall–Kier alpha value is -3.22. The van der Waals surface area contributed by atoms with E-state index in [1.807, 2.05) is 0 Å². The molecule has 0 aromatic heterocycles. The summed E-state index contributed by atoms with van der Waals surface area (Å²) in [5.41, 5.74) is 7.07. The molecule has 3 amide bonds. The van der Waals surface area contributed by atoms with E-state index in [1.54, 1.807) is 42.5 Å². The van der Waals surface area contributed by atoms with E-state index in [2.05, 4.69) is 5.32 Å². The summed E-state index contributed by atoms with van der Waals surface area (Å²) in [6.45, 7) is 0.147. The maximum Gasteiger partial charge on any atom is 0.252 e. The first-order valence-electron chi connectivity index (χ1n) is 8.65. The minimum absolute atomic E-state index is 0.0547. The van der Waals surface area contributed by atoms with Crippen molar-refractivity contribution in [2.24, 2.45) is 5.73 Å². The topological polar surface area (TPSA) is 92.5 Å². The third-order valence-electron chi connectivity index (χ3n) is 4.48. The van der Waals surface area contributed by atoms with Crippen molar-refractivity contribution in [2.75, 3.05) is 11.9 Å². The van der Waals surface area contributed by atoms with Gasteiger partial charge < -0.3 is 11.1 Å². The van der Waals surface area contributed by atoms with E-state index in [0.717, 1.165) is 5.56 Å². The maximum atomic E-state index is 13.7. The van der Waals surface area contributed by atoms with Crippen LogP contribution in [0, 0.1) is 5.82 Å². The standard InChI is InChI=1S/C20H20FN3O3/c21-16-4-2-1-3-14(16)9-10-24-19(26)12-17(20(24)27)23-15-7-5-13(6-8-15)11-18(22)25/h1-8,17,23H,9-12H2,(H2,22,25). The number of benzene rings is 2. The fourth-order valence-electron chi connectivity index (χ4n) is 3.09. The second kappa shape index (κ2) is 7.99. The molecule has 1 aliphatic heterocycles. The van der Waals surface area contributed by atoms with Crippen molar-refractivity contribution < 1.29 is 18.8 Å². The van der Waals surface area contributed by atoms with Gasteiger partial charge in [0.1, 0.15) is 11.9 Å². The Morgan fingerprint density at radius 2 is 1.85 bits per heavy atom. The van der Waals surface area contributed by atoms with Gasteiger partial charge in [0.25, 0.3) is 5.91 Å². The van der Waals surface area contributed by atoms with Crippen LogP contribution < -0.4 is 11.1 Å². The highest BCUT2D eigenvalue weighted by atomic mass is 19.1. The molecule has 1 saturated heterocycles. The quantitative estimate of drug-likeness (QED) is 0.726. The Morgan fingerprint density at radius 3 is 2.52 bits per heavy atom. The Bertz CT molecular complexity index is 867. The molecule has 1 aliphatic rings. The summed E-state index contributed by atoms with van der Waals surface area (Å²) in [7, 11) is 0. The number of amides is 3. The van der Waals surface area contributed by atoms with Gasteiger partial charge in [-0.05, 0) is 35.7 Å². The number of nitrogens with one attached hydrogen (secondary N) is 1. The summed E-state index contributed by atoms with van der Waals surface area (Å²) in [5, 5.41) is 3.04. The lowest BCUT2D eigenvalue weighted by atomic mass is 10.1. The van der Waals surface area contributed by atoms with Gasteiger partial charge in [0, 0.05) is 12.2 Å². The van der Waals surface area contributed by atoms with Crippen molar-refractivity contribution in [3.63, 3.8) is 0 Å². The summed E-state index contributed by atoms with van der Waals surface area (Å²) in [4.78, 5) is 36.8. The average Bonchev–Trinajstić information content (AvgIpc) is 2.89. The minimum atomic E-state index is -0.653. The molecule has 1 atom stereocenters. The number of carbonyl (C=O) groups excluding carboxylic acids is 3. The van der Waals surface area contributed by atoms with Crippen molar-refractivity contribution >= 4 is 23.4 Å². The van der Waals surface area contributed by atoms with Gasteiger partial charge in [0.05, 0.1) is 12.8 Å². The largest absolute Gasteiger partial charge is 0.373 e. The van der Waals surface area contributed by atoms with E-state index < -0.39 is 11.9 Å². The molecule has 7 heteroatoms. The molecule has 27 heavy (non-hydrogen) atoms. The SMILES string of the molecule is NC(=O)Cc1ccc(NC2CC(=O)N(CCc3ccccc3F)C2=O)cc1. The molecular weight excluding hydrogens is 349 g/mol. The average molecular weight is 369 g/mol. The summed E-state index contributed by atoms with van der Waals surface area (Å²) < 4.78 is 13.7. The molecular formula is C20H20FN3O3. The second-order valence-corrected chi connectivity index (χ2v) is 6.47. The first-order valence-corrected chi connectivity index (χ1v) is 8.65. The Balaban J connectivity index is 1.60. The molecule has 6 nitrogen and oxygen atoms in total. The van der Waals surface area contributed by atoms with Crippen molar-refractivity contribution in [2.45, 2.75) is 25.3 Å². The summed E-state index contributed by atoms with van der Waals surface area (Å²) >= 11 is 0. The fraction of sp³-hybridized carbons (Fsp3) is 0.250. The third kappa shape index (κ3) is 4.49. The number of imide groups is 1. The second-order valence-electron chi connectivity index (χ2n) is 6.47. The monoisotopic (exact) mass is 369 g/mol. The van der Waals surface area contributed by atoms with Crippen LogP contribution in [0.1, 0.15) is 17.5 Å². The van der Waals surface area contributed by atoms with Gasteiger partial charge in [-0.2, -0.15) is 0 Å². The molecule has 0 radical (unpaired) electrons. The van der Waals surface area contributed by atoms with Crippen LogP contribution in [0.3, 0.4) is 0 Å². The Kier molecular flexibility index (Phi) is 5.49. The normalized spacial score (nSPS) is 16.6. The van der Waals surface area contributed by atoms with Crippen molar-refractivity contribution in [3.05, 3.63) is 65.5 Å². The molecule has 0 aliphatic carbocycles. The zero-order valence-corrected chi connectivity index (χ0v) is 14.7. The molecule has 1 heterocycles. The maximum absolute atomic E-state index is 13.7. The molecule has 0 spiro atoms. The van der Waals surface area contributed by atoms with E-state index in [1.165, 1.54) is 11.0 Å². The number of anilines is 1. The van der Waals surface area contributed by atoms with Crippen molar-refractivity contribution in [1.82, 2.24) is 4.90 Å². The molecule has 0 saturated carbocycles. The van der Waals surface area contributed by atoms with Gasteiger partial charge in [-0.15, -0.1) is 0 Å². The Labute approximate surface area is 156 Å². The van der Waals surface area contributed by atoms with Crippen molar-refractivity contribution in [1.29, 1.82) is 0 Å². The van der Waals surface area contributed by atoms with Gasteiger partial charge in [-0.1, -0.05) is 30.3 Å². The first-order chi connectivity index (χ1) is 12.9. The number of hydrogen-bond donors (Lipinski definition) is 2. The lowest BCUT2D eigenvalue weighted by molar-refractivity contribution is -0.138. The molecule has 0 bridgehead atoms. The number of nitrogens with zero attached hydrogens (tertiary/aromatic N) is 1. The summed E-state index contributed by atoms with van der Waals surface area (Å²) in [6.07, 6.45) is 0.475.